The second kappa shape index (κ2) is 9.62. The molecule has 0 saturated heterocycles. The lowest BCUT2D eigenvalue weighted by Crippen LogP contribution is -2.23. The predicted molar refractivity (Wildman–Crippen MR) is 117 cm³/mol. The molecule has 1 N–H and O–H groups in total. The van der Waals surface area contributed by atoms with Crippen LogP contribution in [0, 0.1) is 12.7 Å². The summed E-state index contributed by atoms with van der Waals surface area (Å²) in [6.45, 7) is 1.38. The van der Waals surface area contributed by atoms with Gasteiger partial charge >= 0.3 is 0 Å². The summed E-state index contributed by atoms with van der Waals surface area (Å²) in [4.78, 5) is 17.9. The fourth-order valence-electron chi connectivity index (χ4n) is 2.94. The largest absolute Gasteiger partial charge is 0.393 e. The van der Waals surface area contributed by atoms with E-state index in [9.17, 15) is 9.18 Å². The van der Waals surface area contributed by atoms with Crippen molar-refractivity contribution in [2.24, 2.45) is 5.16 Å². The van der Waals surface area contributed by atoms with E-state index in [1.54, 1.807) is 31.2 Å². The van der Waals surface area contributed by atoms with Gasteiger partial charge in [0.2, 0.25) is 0 Å². The fourth-order valence-corrected chi connectivity index (χ4v) is 3.77. The smallest absolute Gasteiger partial charge is 0.255 e. The Bertz CT molecular complexity index is 1160. The third kappa shape index (κ3) is 4.52. The number of aliphatic hydroxyl groups excluding tert-OH is 1. The molecule has 3 aromatic rings. The lowest BCUT2D eigenvalue weighted by atomic mass is 10.0. The van der Waals surface area contributed by atoms with Gasteiger partial charge in [-0.15, -0.1) is 0 Å². The molecule has 9 heteroatoms. The molecule has 0 aliphatic rings. The van der Waals surface area contributed by atoms with E-state index in [-0.39, 0.29) is 29.5 Å². The Morgan fingerprint density at radius 2 is 1.73 bits per heavy atom. The van der Waals surface area contributed by atoms with Crippen molar-refractivity contribution in [3.63, 3.8) is 0 Å². The number of rotatable bonds is 6. The second-order valence-electron chi connectivity index (χ2n) is 6.20. The highest BCUT2D eigenvalue weighted by atomic mass is 35.5. The summed E-state index contributed by atoms with van der Waals surface area (Å²) in [6.07, 6.45) is 0. The van der Waals surface area contributed by atoms with Crippen LogP contribution in [0.15, 0.2) is 58.5 Å². The van der Waals surface area contributed by atoms with E-state index in [1.165, 1.54) is 22.8 Å². The summed E-state index contributed by atoms with van der Waals surface area (Å²) in [6, 6.07) is 11.6. The maximum absolute atomic E-state index is 13.6. The number of hydrogen-bond donors (Lipinski definition) is 1. The molecule has 156 valence electrons. The van der Waals surface area contributed by atoms with Crippen molar-refractivity contribution in [1.82, 2.24) is 4.57 Å². The average molecular weight is 470 g/mol. The van der Waals surface area contributed by atoms with Gasteiger partial charge in [-0.25, -0.2) is 4.39 Å². The van der Waals surface area contributed by atoms with Crippen LogP contribution < -0.4 is 5.56 Å². The normalized spacial score (nSPS) is 11.6. The number of hydrogen-bond acceptors (Lipinski definition) is 4. The van der Waals surface area contributed by atoms with Crippen molar-refractivity contribution in [1.29, 1.82) is 0 Å². The number of para-hydroxylation sites is 1. The summed E-state index contributed by atoms with van der Waals surface area (Å²) in [5.74, 6) is -0.510. The molecule has 0 unspecified atom stereocenters. The first-order valence-electron chi connectivity index (χ1n) is 8.78. The fraction of sp³-hybridized carbons (Fsp3) is 0.143. The molecule has 30 heavy (non-hydrogen) atoms. The van der Waals surface area contributed by atoms with Crippen molar-refractivity contribution in [3.8, 4) is 5.69 Å². The number of aromatic nitrogens is 1. The Kier molecular flexibility index (Phi) is 7.15. The van der Waals surface area contributed by atoms with Crippen molar-refractivity contribution in [2.75, 3.05) is 13.2 Å². The minimum atomic E-state index is -0.510. The van der Waals surface area contributed by atoms with Crippen molar-refractivity contribution in [3.05, 3.63) is 96.6 Å². The third-order valence-electron chi connectivity index (χ3n) is 4.28. The van der Waals surface area contributed by atoms with Crippen LogP contribution in [0.4, 0.5) is 4.39 Å². The second-order valence-corrected chi connectivity index (χ2v) is 7.42. The maximum Gasteiger partial charge on any atom is 0.255 e. The van der Waals surface area contributed by atoms with Crippen LogP contribution in [-0.2, 0) is 4.84 Å². The first-order chi connectivity index (χ1) is 14.3. The number of nitrogens with zero attached hydrogens (tertiary/aromatic N) is 2. The molecule has 0 aliphatic carbocycles. The molecule has 0 bridgehead atoms. The summed E-state index contributed by atoms with van der Waals surface area (Å²) >= 11 is 18.9. The standard InChI is InChI=1S/C21H16Cl3FN2O3/c1-12-14(7-8-19(29)27(12)21-16(22)3-2-4-17(21)23)20(26-30-10-9-28)15-6-5-13(25)11-18(15)24/h2-8,11,28H,9-10H2,1H3/b26-20+. The minimum absolute atomic E-state index is 0.0582. The van der Waals surface area contributed by atoms with Gasteiger partial charge in [-0.05, 0) is 43.3 Å². The van der Waals surface area contributed by atoms with Crippen molar-refractivity contribution in [2.45, 2.75) is 6.92 Å². The zero-order valence-corrected chi connectivity index (χ0v) is 18.0. The van der Waals surface area contributed by atoms with Gasteiger partial charge in [0.05, 0.1) is 27.4 Å². The third-order valence-corrected chi connectivity index (χ3v) is 5.20. The number of halogens is 4. The van der Waals surface area contributed by atoms with Crippen molar-refractivity contribution < 1.29 is 14.3 Å². The lowest BCUT2D eigenvalue weighted by Gasteiger charge is -2.18. The number of pyridine rings is 1. The molecular weight excluding hydrogens is 454 g/mol. The van der Waals surface area contributed by atoms with Crippen LogP contribution in [0.3, 0.4) is 0 Å². The van der Waals surface area contributed by atoms with Gasteiger partial charge in [-0.3, -0.25) is 9.36 Å². The van der Waals surface area contributed by atoms with E-state index in [4.69, 9.17) is 44.7 Å². The van der Waals surface area contributed by atoms with Gasteiger partial charge in [0.15, 0.2) is 0 Å². The van der Waals surface area contributed by atoms with Crippen LogP contribution >= 0.6 is 34.8 Å². The quantitative estimate of drug-likeness (QED) is 0.314. The van der Waals surface area contributed by atoms with E-state index < -0.39 is 5.82 Å². The molecule has 0 fully saturated rings. The summed E-state index contributed by atoms with van der Waals surface area (Å²) < 4.78 is 14.9. The molecule has 0 aliphatic heterocycles. The molecule has 0 atom stereocenters. The number of benzene rings is 2. The zero-order chi connectivity index (χ0) is 21.8. The summed E-state index contributed by atoms with van der Waals surface area (Å²) in [5, 5.41) is 13.8. The van der Waals surface area contributed by atoms with Gasteiger partial charge in [-0.1, -0.05) is 46.0 Å². The topological polar surface area (TPSA) is 63.8 Å². The monoisotopic (exact) mass is 468 g/mol. The molecule has 0 saturated carbocycles. The van der Waals surface area contributed by atoms with Gasteiger partial charge < -0.3 is 9.94 Å². The highest BCUT2D eigenvalue weighted by Gasteiger charge is 2.20. The molecule has 2 aromatic carbocycles. The van der Waals surface area contributed by atoms with Gasteiger partial charge in [0.25, 0.3) is 5.56 Å². The van der Waals surface area contributed by atoms with Crippen LogP contribution in [-0.4, -0.2) is 28.6 Å². The molecular formula is C21H16Cl3FN2O3. The maximum atomic E-state index is 13.6. The Balaban J connectivity index is 2.28. The molecule has 0 radical (unpaired) electrons. The van der Waals surface area contributed by atoms with E-state index >= 15 is 0 Å². The summed E-state index contributed by atoms with van der Waals surface area (Å²) in [5.41, 5.74) is 1.55. The molecule has 0 spiro atoms. The minimum Gasteiger partial charge on any atom is -0.393 e. The van der Waals surface area contributed by atoms with Crippen LogP contribution in [0.5, 0.6) is 0 Å². The van der Waals surface area contributed by atoms with E-state index in [0.717, 1.165) is 6.07 Å². The number of aliphatic hydroxyl groups is 1. The molecule has 3 rings (SSSR count). The van der Waals surface area contributed by atoms with Crippen LogP contribution in [0.2, 0.25) is 15.1 Å². The van der Waals surface area contributed by atoms with Crippen LogP contribution in [0.25, 0.3) is 5.69 Å². The molecule has 0 amide bonds. The highest BCUT2D eigenvalue weighted by molar-refractivity contribution is 6.38. The van der Waals surface area contributed by atoms with E-state index in [2.05, 4.69) is 5.16 Å². The average Bonchev–Trinajstić information content (AvgIpc) is 2.69. The Labute approximate surface area is 186 Å². The Hall–Kier alpha value is -2.38. The SMILES string of the molecule is Cc1c(/C(=N\OCCO)c2ccc(F)cc2Cl)ccc(=O)n1-c1c(Cl)cccc1Cl. The van der Waals surface area contributed by atoms with E-state index in [1.807, 2.05) is 0 Å². The van der Waals surface area contributed by atoms with Gasteiger partial charge in [0.1, 0.15) is 18.1 Å². The predicted octanol–water partition coefficient (Wildman–Crippen LogP) is 5.01. The highest BCUT2D eigenvalue weighted by Crippen LogP contribution is 2.30. The summed E-state index contributed by atoms with van der Waals surface area (Å²) in [7, 11) is 0. The van der Waals surface area contributed by atoms with E-state index in [0.29, 0.717) is 32.6 Å². The van der Waals surface area contributed by atoms with Gasteiger partial charge in [-0.2, -0.15) is 0 Å². The van der Waals surface area contributed by atoms with Crippen molar-refractivity contribution >= 4 is 40.5 Å². The van der Waals surface area contributed by atoms with Gasteiger partial charge in [0, 0.05) is 22.9 Å². The van der Waals surface area contributed by atoms with Crippen LogP contribution in [0.1, 0.15) is 16.8 Å². The first-order valence-corrected chi connectivity index (χ1v) is 9.92. The molecule has 5 nitrogen and oxygen atoms in total. The molecule has 1 heterocycles. The Morgan fingerprint density at radius 3 is 2.37 bits per heavy atom. The molecule has 1 aromatic heterocycles. The first kappa shape index (κ1) is 22.3. The lowest BCUT2D eigenvalue weighted by molar-refractivity contribution is 0.0988. The number of oxime groups is 1. The Morgan fingerprint density at radius 1 is 1.07 bits per heavy atom. The zero-order valence-electron chi connectivity index (χ0n) is 15.7.